The molecule has 4 nitrogen and oxygen atoms in total. The van der Waals surface area contributed by atoms with E-state index >= 15 is 0 Å². The van der Waals surface area contributed by atoms with E-state index in [1.807, 2.05) is 18.4 Å². The van der Waals surface area contributed by atoms with Gasteiger partial charge in [0.25, 0.3) is 0 Å². The molecule has 2 atom stereocenters. The van der Waals surface area contributed by atoms with Gasteiger partial charge in [0.2, 0.25) is 0 Å². The Hall–Kier alpha value is -0.650. The first kappa shape index (κ1) is 16.7. The maximum atomic E-state index is 6.00. The fourth-order valence-corrected chi connectivity index (χ4v) is 4.15. The molecule has 0 bridgehead atoms. The van der Waals surface area contributed by atoms with Crippen LogP contribution in [0.3, 0.4) is 0 Å². The minimum Gasteiger partial charge on any atom is -0.369 e. The zero-order chi connectivity index (χ0) is 15.6. The SMILES string of the molecule is CCC(C)c1nc(N2CC(C)OC(C)(C)C2)sc1CNC. The van der Waals surface area contributed by atoms with Crippen LogP contribution < -0.4 is 10.2 Å². The third-order valence-corrected chi connectivity index (χ3v) is 5.10. The van der Waals surface area contributed by atoms with Gasteiger partial charge in [-0.3, -0.25) is 0 Å². The summed E-state index contributed by atoms with van der Waals surface area (Å²) in [6.45, 7) is 13.7. The van der Waals surface area contributed by atoms with Crippen LogP contribution in [0, 0.1) is 0 Å². The first-order chi connectivity index (χ1) is 9.86. The first-order valence-corrected chi connectivity index (χ1v) is 8.75. The van der Waals surface area contributed by atoms with Gasteiger partial charge in [-0.05, 0) is 40.2 Å². The number of thiazole rings is 1. The maximum absolute atomic E-state index is 6.00. The van der Waals surface area contributed by atoms with E-state index in [0.29, 0.717) is 5.92 Å². The Bertz CT molecular complexity index is 472. The van der Waals surface area contributed by atoms with Crippen LogP contribution in [0.2, 0.25) is 0 Å². The molecular formula is C16H29N3OS. The number of nitrogens with one attached hydrogen (secondary N) is 1. The smallest absolute Gasteiger partial charge is 0.186 e. The Kier molecular flexibility index (Phi) is 5.28. The van der Waals surface area contributed by atoms with Crippen LogP contribution in [-0.2, 0) is 11.3 Å². The van der Waals surface area contributed by atoms with Crippen LogP contribution in [0.15, 0.2) is 0 Å². The topological polar surface area (TPSA) is 37.4 Å². The zero-order valence-corrected chi connectivity index (χ0v) is 15.0. The first-order valence-electron chi connectivity index (χ1n) is 7.93. The van der Waals surface area contributed by atoms with E-state index in [9.17, 15) is 0 Å². The van der Waals surface area contributed by atoms with E-state index in [-0.39, 0.29) is 11.7 Å². The molecule has 0 aromatic carbocycles. The summed E-state index contributed by atoms with van der Waals surface area (Å²) in [7, 11) is 2.00. The highest BCUT2D eigenvalue weighted by atomic mass is 32.1. The van der Waals surface area contributed by atoms with Crippen molar-refractivity contribution in [1.29, 1.82) is 0 Å². The van der Waals surface area contributed by atoms with Crippen LogP contribution in [0.5, 0.6) is 0 Å². The number of morpholine rings is 1. The van der Waals surface area contributed by atoms with E-state index in [2.05, 4.69) is 44.8 Å². The summed E-state index contributed by atoms with van der Waals surface area (Å²) < 4.78 is 6.00. The number of ether oxygens (including phenoxy) is 1. The molecule has 1 aliphatic rings. The standard InChI is InChI=1S/C16H29N3OS/c1-7-11(2)14-13(8-17-6)21-15(18-14)19-9-12(3)20-16(4,5)10-19/h11-12,17H,7-10H2,1-6H3. The fourth-order valence-electron chi connectivity index (χ4n) is 2.95. The third kappa shape index (κ3) is 3.96. The molecule has 1 N–H and O–H groups in total. The molecule has 1 aromatic rings. The van der Waals surface area contributed by atoms with Gasteiger partial charge >= 0.3 is 0 Å². The summed E-state index contributed by atoms with van der Waals surface area (Å²) in [5.74, 6) is 0.518. The van der Waals surface area contributed by atoms with Crippen molar-refractivity contribution in [3.05, 3.63) is 10.6 Å². The molecule has 1 aromatic heterocycles. The van der Waals surface area contributed by atoms with Crippen molar-refractivity contribution in [1.82, 2.24) is 10.3 Å². The average Bonchev–Trinajstić information content (AvgIpc) is 2.80. The monoisotopic (exact) mass is 311 g/mol. The van der Waals surface area contributed by atoms with Gasteiger partial charge in [-0.15, -0.1) is 11.3 Å². The molecule has 5 heteroatoms. The van der Waals surface area contributed by atoms with Gasteiger partial charge in [0.1, 0.15) is 0 Å². The van der Waals surface area contributed by atoms with E-state index < -0.39 is 0 Å². The molecule has 0 amide bonds. The Morgan fingerprint density at radius 1 is 1.52 bits per heavy atom. The van der Waals surface area contributed by atoms with Gasteiger partial charge < -0.3 is 15.0 Å². The van der Waals surface area contributed by atoms with E-state index in [0.717, 1.165) is 31.2 Å². The molecule has 120 valence electrons. The number of aromatic nitrogens is 1. The quantitative estimate of drug-likeness (QED) is 0.904. The third-order valence-electron chi connectivity index (χ3n) is 3.97. The van der Waals surface area contributed by atoms with Gasteiger partial charge in [0, 0.05) is 24.5 Å². The molecule has 0 saturated carbocycles. The van der Waals surface area contributed by atoms with Crippen LogP contribution in [0.25, 0.3) is 0 Å². The Labute approximate surface area is 132 Å². The number of nitrogens with zero attached hydrogens (tertiary/aromatic N) is 2. The van der Waals surface area contributed by atoms with Crippen LogP contribution >= 0.6 is 11.3 Å². The molecule has 0 aliphatic carbocycles. The molecular weight excluding hydrogens is 282 g/mol. The second-order valence-electron chi connectivity index (χ2n) is 6.71. The normalized spacial score (nSPS) is 23.3. The lowest BCUT2D eigenvalue weighted by atomic mass is 10.0. The van der Waals surface area contributed by atoms with Crippen LogP contribution in [0.1, 0.15) is 57.5 Å². The molecule has 21 heavy (non-hydrogen) atoms. The Balaban J connectivity index is 2.27. The number of rotatable bonds is 5. The predicted molar refractivity (Wildman–Crippen MR) is 90.4 cm³/mol. The summed E-state index contributed by atoms with van der Waals surface area (Å²) in [5, 5.41) is 4.42. The minimum absolute atomic E-state index is 0.108. The van der Waals surface area contributed by atoms with Crippen molar-refractivity contribution in [3.63, 3.8) is 0 Å². The largest absolute Gasteiger partial charge is 0.369 e. The van der Waals surface area contributed by atoms with E-state index in [4.69, 9.17) is 9.72 Å². The number of anilines is 1. The molecule has 0 radical (unpaired) electrons. The highest BCUT2D eigenvalue weighted by Gasteiger charge is 2.33. The van der Waals surface area contributed by atoms with Crippen molar-refractivity contribution in [2.24, 2.45) is 0 Å². The van der Waals surface area contributed by atoms with Crippen molar-refractivity contribution in [3.8, 4) is 0 Å². The zero-order valence-electron chi connectivity index (χ0n) is 14.2. The Morgan fingerprint density at radius 3 is 2.81 bits per heavy atom. The van der Waals surface area contributed by atoms with Gasteiger partial charge in [-0.1, -0.05) is 13.8 Å². The molecule has 1 aliphatic heterocycles. The minimum atomic E-state index is -0.108. The second-order valence-corrected chi connectivity index (χ2v) is 7.78. The average molecular weight is 311 g/mol. The lowest BCUT2D eigenvalue weighted by Gasteiger charge is -2.41. The molecule has 2 heterocycles. The predicted octanol–water partition coefficient (Wildman–Crippen LogP) is 3.38. The summed E-state index contributed by atoms with van der Waals surface area (Å²) in [5.41, 5.74) is 1.16. The van der Waals surface area contributed by atoms with Crippen molar-refractivity contribution < 1.29 is 4.74 Å². The highest BCUT2D eigenvalue weighted by Crippen LogP contribution is 2.34. The fraction of sp³-hybridized carbons (Fsp3) is 0.812. The molecule has 2 unspecified atom stereocenters. The van der Waals surface area contributed by atoms with Crippen molar-refractivity contribution in [2.75, 3.05) is 25.0 Å². The molecule has 0 spiro atoms. The van der Waals surface area contributed by atoms with E-state index in [1.54, 1.807) is 0 Å². The van der Waals surface area contributed by atoms with Crippen molar-refractivity contribution >= 4 is 16.5 Å². The molecule has 1 saturated heterocycles. The summed E-state index contributed by atoms with van der Waals surface area (Å²) in [6, 6.07) is 0. The summed E-state index contributed by atoms with van der Waals surface area (Å²) in [4.78, 5) is 8.74. The lowest BCUT2D eigenvalue weighted by molar-refractivity contribution is -0.0749. The second kappa shape index (κ2) is 6.63. The summed E-state index contributed by atoms with van der Waals surface area (Å²) >= 11 is 1.83. The van der Waals surface area contributed by atoms with Crippen LogP contribution in [0.4, 0.5) is 5.13 Å². The molecule has 2 rings (SSSR count). The summed E-state index contributed by atoms with van der Waals surface area (Å²) in [6.07, 6.45) is 1.38. The maximum Gasteiger partial charge on any atom is 0.186 e. The van der Waals surface area contributed by atoms with Gasteiger partial charge in [-0.25, -0.2) is 4.98 Å². The van der Waals surface area contributed by atoms with Gasteiger partial charge in [-0.2, -0.15) is 0 Å². The lowest BCUT2D eigenvalue weighted by Crippen LogP contribution is -2.52. The van der Waals surface area contributed by atoms with Crippen LogP contribution in [-0.4, -0.2) is 36.8 Å². The van der Waals surface area contributed by atoms with Gasteiger partial charge in [0.15, 0.2) is 5.13 Å². The number of hydrogen-bond donors (Lipinski definition) is 1. The van der Waals surface area contributed by atoms with Crippen molar-refractivity contribution in [2.45, 2.75) is 65.2 Å². The molecule has 1 fully saturated rings. The Morgan fingerprint density at radius 2 is 2.24 bits per heavy atom. The van der Waals surface area contributed by atoms with Gasteiger partial charge in [0.05, 0.1) is 17.4 Å². The highest BCUT2D eigenvalue weighted by molar-refractivity contribution is 7.15. The number of hydrogen-bond acceptors (Lipinski definition) is 5. The van der Waals surface area contributed by atoms with E-state index in [1.165, 1.54) is 10.6 Å².